The molecule has 0 aromatic carbocycles. The van der Waals surface area contributed by atoms with Gasteiger partial charge in [0, 0.05) is 18.3 Å². The van der Waals surface area contributed by atoms with E-state index < -0.39 is 0 Å². The first-order chi connectivity index (χ1) is 6.86. The molecule has 0 bridgehead atoms. The molecule has 1 aromatic rings. The first kappa shape index (κ1) is 11.6. The van der Waals surface area contributed by atoms with Crippen LogP contribution in [0.25, 0.3) is 0 Å². The minimum atomic E-state index is 0.616. The SMILES string of the molecule is CCC(CN)CNCCc1cscn1. The number of thiazole rings is 1. The molecule has 3 N–H and O–H groups in total. The van der Waals surface area contributed by atoms with Crippen molar-refractivity contribution in [1.29, 1.82) is 0 Å². The fourth-order valence-electron chi connectivity index (χ4n) is 1.28. The minimum Gasteiger partial charge on any atom is -0.330 e. The fourth-order valence-corrected chi connectivity index (χ4v) is 1.87. The highest BCUT2D eigenvalue weighted by Crippen LogP contribution is 2.01. The standard InChI is InChI=1S/C10H19N3S/c1-2-9(5-11)6-12-4-3-10-7-14-8-13-10/h7-9,12H,2-6,11H2,1H3. The van der Waals surface area contributed by atoms with Gasteiger partial charge in [-0.1, -0.05) is 13.3 Å². The van der Waals surface area contributed by atoms with Crippen molar-refractivity contribution in [2.45, 2.75) is 19.8 Å². The molecule has 80 valence electrons. The average molecular weight is 213 g/mol. The van der Waals surface area contributed by atoms with E-state index in [4.69, 9.17) is 5.73 Å². The molecule has 14 heavy (non-hydrogen) atoms. The number of hydrogen-bond donors (Lipinski definition) is 2. The highest BCUT2D eigenvalue weighted by atomic mass is 32.1. The lowest BCUT2D eigenvalue weighted by Gasteiger charge is -2.12. The summed E-state index contributed by atoms with van der Waals surface area (Å²) >= 11 is 1.65. The lowest BCUT2D eigenvalue weighted by Crippen LogP contribution is -2.29. The topological polar surface area (TPSA) is 50.9 Å². The first-order valence-corrected chi connectivity index (χ1v) is 6.09. The van der Waals surface area contributed by atoms with E-state index in [1.807, 2.05) is 5.51 Å². The predicted molar refractivity (Wildman–Crippen MR) is 61.5 cm³/mol. The van der Waals surface area contributed by atoms with Gasteiger partial charge in [0.2, 0.25) is 0 Å². The second-order valence-electron chi connectivity index (χ2n) is 3.44. The Morgan fingerprint density at radius 3 is 3.07 bits per heavy atom. The van der Waals surface area contributed by atoms with Crippen molar-refractivity contribution >= 4 is 11.3 Å². The second kappa shape index (κ2) is 6.92. The average Bonchev–Trinajstić information content (AvgIpc) is 2.71. The maximum absolute atomic E-state index is 5.61. The highest BCUT2D eigenvalue weighted by Gasteiger charge is 2.02. The smallest absolute Gasteiger partial charge is 0.0794 e. The van der Waals surface area contributed by atoms with Crippen molar-refractivity contribution in [1.82, 2.24) is 10.3 Å². The lowest BCUT2D eigenvalue weighted by atomic mass is 10.1. The van der Waals surface area contributed by atoms with Crippen molar-refractivity contribution in [2.75, 3.05) is 19.6 Å². The Kier molecular flexibility index (Phi) is 5.75. The van der Waals surface area contributed by atoms with Crippen LogP contribution in [-0.4, -0.2) is 24.6 Å². The molecule has 0 fully saturated rings. The van der Waals surface area contributed by atoms with Crippen LogP contribution in [0, 0.1) is 5.92 Å². The van der Waals surface area contributed by atoms with Crippen LogP contribution < -0.4 is 11.1 Å². The molecule has 0 radical (unpaired) electrons. The molecular formula is C10H19N3S. The van der Waals surface area contributed by atoms with Gasteiger partial charge in [-0.25, -0.2) is 4.98 Å². The second-order valence-corrected chi connectivity index (χ2v) is 4.16. The summed E-state index contributed by atoms with van der Waals surface area (Å²) in [5.41, 5.74) is 8.67. The van der Waals surface area contributed by atoms with Crippen LogP contribution in [0.4, 0.5) is 0 Å². The third kappa shape index (κ3) is 4.17. The molecular weight excluding hydrogens is 194 g/mol. The zero-order valence-corrected chi connectivity index (χ0v) is 9.52. The molecule has 4 heteroatoms. The maximum Gasteiger partial charge on any atom is 0.0794 e. The van der Waals surface area contributed by atoms with E-state index in [9.17, 15) is 0 Å². The number of nitrogens with two attached hydrogens (primary N) is 1. The molecule has 1 rings (SSSR count). The number of nitrogens with zero attached hydrogens (tertiary/aromatic N) is 1. The van der Waals surface area contributed by atoms with Crippen LogP contribution in [-0.2, 0) is 6.42 Å². The van der Waals surface area contributed by atoms with Gasteiger partial charge in [-0.2, -0.15) is 0 Å². The number of rotatable bonds is 7. The van der Waals surface area contributed by atoms with E-state index in [0.29, 0.717) is 5.92 Å². The van der Waals surface area contributed by atoms with E-state index in [-0.39, 0.29) is 0 Å². The van der Waals surface area contributed by atoms with Crippen molar-refractivity contribution in [3.63, 3.8) is 0 Å². The van der Waals surface area contributed by atoms with Gasteiger partial charge in [0.1, 0.15) is 0 Å². The van der Waals surface area contributed by atoms with E-state index >= 15 is 0 Å². The molecule has 0 aliphatic heterocycles. The van der Waals surface area contributed by atoms with Crippen LogP contribution in [0.1, 0.15) is 19.0 Å². The number of aromatic nitrogens is 1. The van der Waals surface area contributed by atoms with Crippen molar-refractivity contribution in [2.24, 2.45) is 11.7 Å². The van der Waals surface area contributed by atoms with E-state index in [1.54, 1.807) is 11.3 Å². The molecule has 1 unspecified atom stereocenters. The lowest BCUT2D eigenvalue weighted by molar-refractivity contribution is 0.473. The summed E-state index contributed by atoms with van der Waals surface area (Å²) < 4.78 is 0. The summed E-state index contributed by atoms with van der Waals surface area (Å²) in [6, 6.07) is 0. The van der Waals surface area contributed by atoms with Crippen LogP contribution >= 0.6 is 11.3 Å². The molecule has 1 atom stereocenters. The summed E-state index contributed by atoms with van der Waals surface area (Å²) in [4.78, 5) is 4.23. The van der Waals surface area contributed by atoms with Crippen LogP contribution in [0.2, 0.25) is 0 Å². The van der Waals surface area contributed by atoms with Gasteiger partial charge in [-0.05, 0) is 19.0 Å². The molecule has 3 nitrogen and oxygen atoms in total. The number of hydrogen-bond acceptors (Lipinski definition) is 4. The van der Waals surface area contributed by atoms with Crippen molar-refractivity contribution in [3.05, 3.63) is 16.6 Å². The molecule has 0 aliphatic rings. The Balaban J connectivity index is 2.04. The largest absolute Gasteiger partial charge is 0.330 e. The normalized spacial score (nSPS) is 13.0. The Morgan fingerprint density at radius 1 is 1.64 bits per heavy atom. The Labute approximate surface area is 89.7 Å². The highest BCUT2D eigenvalue weighted by molar-refractivity contribution is 7.07. The molecule has 0 aliphatic carbocycles. The van der Waals surface area contributed by atoms with Gasteiger partial charge in [-0.15, -0.1) is 11.3 Å². The predicted octanol–water partition coefficient (Wildman–Crippen LogP) is 1.26. The van der Waals surface area contributed by atoms with Gasteiger partial charge in [0.15, 0.2) is 0 Å². The molecule has 1 aromatic heterocycles. The summed E-state index contributed by atoms with van der Waals surface area (Å²) in [7, 11) is 0. The molecule has 0 saturated carbocycles. The molecule has 1 heterocycles. The molecule has 0 spiro atoms. The van der Waals surface area contributed by atoms with Crippen LogP contribution in [0.15, 0.2) is 10.9 Å². The Morgan fingerprint density at radius 2 is 2.50 bits per heavy atom. The van der Waals surface area contributed by atoms with Crippen molar-refractivity contribution < 1.29 is 0 Å². The monoisotopic (exact) mass is 213 g/mol. The van der Waals surface area contributed by atoms with Gasteiger partial charge < -0.3 is 11.1 Å². The van der Waals surface area contributed by atoms with Gasteiger partial charge >= 0.3 is 0 Å². The fraction of sp³-hybridized carbons (Fsp3) is 0.700. The van der Waals surface area contributed by atoms with Crippen LogP contribution in [0.3, 0.4) is 0 Å². The van der Waals surface area contributed by atoms with Crippen molar-refractivity contribution in [3.8, 4) is 0 Å². The summed E-state index contributed by atoms with van der Waals surface area (Å²) in [5, 5.41) is 5.51. The van der Waals surface area contributed by atoms with Crippen LogP contribution in [0.5, 0.6) is 0 Å². The molecule has 0 amide bonds. The summed E-state index contributed by atoms with van der Waals surface area (Å²) in [6.07, 6.45) is 2.17. The zero-order chi connectivity index (χ0) is 10.2. The summed E-state index contributed by atoms with van der Waals surface area (Å²) in [5.74, 6) is 0.616. The van der Waals surface area contributed by atoms with Gasteiger partial charge in [0.05, 0.1) is 11.2 Å². The summed E-state index contributed by atoms with van der Waals surface area (Å²) in [6.45, 7) is 4.98. The van der Waals surface area contributed by atoms with E-state index in [2.05, 4.69) is 22.6 Å². The molecule has 0 saturated heterocycles. The minimum absolute atomic E-state index is 0.616. The Bertz CT molecular complexity index is 219. The zero-order valence-electron chi connectivity index (χ0n) is 8.70. The van der Waals surface area contributed by atoms with E-state index in [0.717, 1.165) is 32.5 Å². The first-order valence-electron chi connectivity index (χ1n) is 5.14. The Hall–Kier alpha value is -0.450. The third-order valence-electron chi connectivity index (χ3n) is 2.39. The quantitative estimate of drug-likeness (QED) is 0.670. The maximum atomic E-state index is 5.61. The number of nitrogens with one attached hydrogen (secondary N) is 1. The van der Waals surface area contributed by atoms with E-state index in [1.165, 1.54) is 5.69 Å². The van der Waals surface area contributed by atoms with Gasteiger partial charge in [-0.3, -0.25) is 0 Å². The van der Waals surface area contributed by atoms with Gasteiger partial charge in [0.25, 0.3) is 0 Å². The third-order valence-corrected chi connectivity index (χ3v) is 3.02.